The van der Waals surface area contributed by atoms with E-state index in [-0.39, 0.29) is 5.91 Å². The van der Waals surface area contributed by atoms with Crippen molar-refractivity contribution >= 4 is 22.9 Å². The quantitative estimate of drug-likeness (QED) is 0.541. The molecule has 0 unspecified atom stereocenters. The lowest BCUT2D eigenvalue weighted by atomic mass is 10.1. The highest BCUT2D eigenvalue weighted by Gasteiger charge is 2.12. The number of amides is 1. The lowest BCUT2D eigenvalue weighted by molar-refractivity contribution is 0.102. The van der Waals surface area contributed by atoms with Crippen LogP contribution in [0.15, 0.2) is 59.7 Å². The first-order valence-corrected chi connectivity index (χ1v) is 9.39. The van der Waals surface area contributed by atoms with Crippen LogP contribution < -0.4 is 10.1 Å². The number of carbonyl (C=O) groups is 1. The lowest BCUT2D eigenvalue weighted by Crippen LogP contribution is -2.13. The number of carbonyl (C=O) groups excluding carboxylic acids is 1. The van der Waals surface area contributed by atoms with Crippen LogP contribution in [0, 0.1) is 6.92 Å². The van der Waals surface area contributed by atoms with Crippen molar-refractivity contribution in [3.8, 4) is 11.4 Å². The Morgan fingerprint density at radius 1 is 1.25 bits per heavy atom. The van der Waals surface area contributed by atoms with Crippen molar-refractivity contribution in [1.82, 2.24) is 25.2 Å². The van der Waals surface area contributed by atoms with Gasteiger partial charge in [0, 0.05) is 10.9 Å². The Balaban J connectivity index is 1.50. The Labute approximate surface area is 164 Å². The topological polar surface area (TPSA) is 94.8 Å². The zero-order valence-corrected chi connectivity index (χ0v) is 15.8. The summed E-state index contributed by atoms with van der Waals surface area (Å²) in [5.41, 5.74) is 5.43. The third kappa shape index (κ3) is 3.89. The van der Waals surface area contributed by atoms with Crippen molar-refractivity contribution in [3.05, 3.63) is 76.5 Å². The second-order valence-electron chi connectivity index (χ2n) is 5.97. The van der Waals surface area contributed by atoms with Gasteiger partial charge in [-0.05, 0) is 53.2 Å². The summed E-state index contributed by atoms with van der Waals surface area (Å²) in [5, 5.41) is 16.0. The minimum absolute atomic E-state index is 0.226. The van der Waals surface area contributed by atoms with Crippen LogP contribution in [0.4, 0.5) is 5.69 Å². The van der Waals surface area contributed by atoms with Gasteiger partial charge in [0.25, 0.3) is 5.91 Å². The number of nitrogens with zero attached hydrogens (tertiary/aromatic N) is 5. The van der Waals surface area contributed by atoms with Gasteiger partial charge in [0.1, 0.15) is 18.7 Å². The highest BCUT2D eigenvalue weighted by Crippen LogP contribution is 2.26. The number of thiazole rings is 1. The van der Waals surface area contributed by atoms with Crippen LogP contribution in [0.3, 0.4) is 0 Å². The SMILES string of the molecule is Cc1cc(C(=O)Nc2ccccc2OCc2cscn2)ccc1-n1cnnn1. The Bertz CT molecular complexity index is 1080. The van der Waals surface area contributed by atoms with Gasteiger partial charge in [0.05, 0.1) is 22.6 Å². The number of para-hydroxylation sites is 2. The predicted octanol–water partition coefficient (Wildman–Crippen LogP) is 3.26. The van der Waals surface area contributed by atoms with Crippen LogP contribution in [0.5, 0.6) is 5.75 Å². The summed E-state index contributed by atoms with van der Waals surface area (Å²) in [7, 11) is 0. The van der Waals surface area contributed by atoms with Gasteiger partial charge in [-0.25, -0.2) is 9.67 Å². The average Bonchev–Trinajstić information content (AvgIpc) is 3.41. The first-order valence-electron chi connectivity index (χ1n) is 8.45. The maximum absolute atomic E-state index is 12.7. The van der Waals surface area contributed by atoms with Gasteiger partial charge in [0.2, 0.25) is 0 Å². The highest BCUT2D eigenvalue weighted by molar-refractivity contribution is 7.07. The predicted molar refractivity (Wildman–Crippen MR) is 105 cm³/mol. The summed E-state index contributed by atoms with van der Waals surface area (Å²) in [4.78, 5) is 16.9. The van der Waals surface area contributed by atoms with E-state index in [9.17, 15) is 4.79 Å². The minimum Gasteiger partial charge on any atom is -0.485 e. The third-order valence-electron chi connectivity index (χ3n) is 4.05. The smallest absolute Gasteiger partial charge is 0.255 e. The number of ether oxygens (including phenoxy) is 1. The molecule has 0 spiro atoms. The molecule has 0 aliphatic rings. The molecule has 0 atom stereocenters. The number of aromatic nitrogens is 5. The van der Waals surface area contributed by atoms with Gasteiger partial charge in [0.15, 0.2) is 0 Å². The van der Waals surface area contributed by atoms with E-state index >= 15 is 0 Å². The molecule has 28 heavy (non-hydrogen) atoms. The number of aryl methyl sites for hydroxylation is 1. The Morgan fingerprint density at radius 3 is 2.89 bits per heavy atom. The van der Waals surface area contributed by atoms with Crippen LogP contribution in [-0.2, 0) is 6.61 Å². The van der Waals surface area contributed by atoms with Gasteiger partial charge in [-0.15, -0.1) is 16.4 Å². The molecule has 0 bridgehead atoms. The van der Waals surface area contributed by atoms with Crippen LogP contribution in [0.2, 0.25) is 0 Å². The fourth-order valence-corrected chi connectivity index (χ4v) is 3.22. The molecular weight excluding hydrogens is 376 g/mol. The van der Waals surface area contributed by atoms with Gasteiger partial charge in [-0.2, -0.15) is 0 Å². The van der Waals surface area contributed by atoms with E-state index in [1.54, 1.807) is 28.4 Å². The summed E-state index contributed by atoms with van der Waals surface area (Å²) in [5.74, 6) is 0.363. The van der Waals surface area contributed by atoms with E-state index in [4.69, 9.17) is 4.74 Å². The molecule has 1 N–H and O–H groups in total. The van der Waals surface area contributed by atoms with Gasteiger partial charge >= 0.3 is 0 Å². The third-order valence-corrected chi connectivity index (χ3v) is 4.68. The molecule has 4 aromatic rings. The van der Waals surface area contributed by atoms with E-state index in [1.165, 1.54) is 17.7 Å². The molecule has 0 aliphatic heterocycles. The lowest BCUT2D eigenvalue weighted by Gasteiger charge is -2.12. The van der Waals surface area contributed by atoms with Crippen molar-refractivity contribution in [2.45, 2.75) is 13.5 Å². The molecule has 9 heteroatoms. The van der Waals surface area contributed by atoms with Crippen LogP contribution >= 0.6 is 11.3 Å². The van der Waals surface area contributed by atoms with Crippen molar-refractivity contribution < 1.29 is 9.53 Å². The number of anilines is 1. The fraction of sp³-hybridized carbons (Fsp3) is 0.105. The van der Waals surface area contributed by atoms with Crippen LogP contribution in [-0.4, -0.2) is 31.1 Å². The molecule has 0 radical (unpaired) electrons. The molecule has 2 heterocycles. The van der Waals surface area contributed by atoms with Crippen LogP contribution in [0.1, 0.15) is 21.6 Å². The molecular formula is C19H16N6O2S. The average molecular weight is 392 g/mol. The molecule has 0 aliphatic carbocycles. The van der Waals surface area contributed by atoms with Crippen molar-refractivity contribution in [1.29, 1.82) is 0 Å². The minimum atomic E-state index is -0.226. The number of nitrogens with one attached hydrogen (secondary N) is 1. The number of tetrazole rings is 1. The number of rotatable bonds is 6. The second-order valence-corrected chi connectivity index (χ2v) is 6.69. The maximum Gasteiger partial charge on any atom is 0.255 e. The van der Waals surface area contributed by atoms with E-state index in [0.717, 1.165) is 16.9 Å². The molecule has 8 nitrogen and oxygen atoms in total. The zero-order chi connectivity index (χ0) is 19.3. The summed E-state index contributed by atoms with van der Waals surface area (Å²) < 4.78 is 7.37. The largest absolute Gasteiger partial charge is 0.485 e. The Hall–Kier alpha value is -3.59. The van der Waals surface area contributed by atoms with Crippen molar-refractivity contribution in [3.63, 3.8) is 0 Å². The first kappa shape index (κ1) is 17.8. The number of hydrogen-bond donors (Lipinski definition) is 1. The summed E-state index contributed by atoms with van der Waals surface area (Å²) >= 11 is 1.51. The molecule has 140 valence electrons. The second kappa shape index (κ2) is 7.97. The molecule has 2 aromatic carbocycles. The molecule has 4 rings (SSSR count). The first-order chi connectivity index (χ1) is 13.7. The standard InChI is InChI=1S/C19H16N6O2S/c1-13-8-14(6-7-17(13)25-11-21-23-24-25)19(26)22-16-4-2-3-5-18(16)27-9-15-10-28-12-20-15/h2-8,10-12H,9H2,1H3,(H,22,26). The van der Waals surface area contributed by atoms with E-state index in [2.05, 4.69) is 25.8 Å². The summed E-state index contributed by atoms with van der Waals surface area (Å²) in [6.45, 7) is 2.24. The highest BCUT2D eigenvalue weighted by atomic mass is 32.1. The van der Waals surface area contributed by atoms with E-state index < -0.39 is 0 Å². The number of hydrogen-bond acceptors (Lipinski definition) is 7. The van der Waals surface area contributed by atoms with Crippen molar-refractivity contribution in [2.24, 2.45) is 0 Å². The Morgan fingerprint density at radius 2 is 2.14 bits per heavy atom. The molecule has 0 saturated heterocycles. The van der Waals surface area contributed by atoms with Gasteiger partial charge < -0.3 is 10.1 Å². The molecule has 1 amide bonds. The number of benzene rings is 2. The van der Waals surface area contributed by atoms with Gasteiger partial charge in [-0.3, -0.25) is 4.79 Å². The summed E-state index contributed by atoms with van der Waals surface area (Å²) in [6, 6.07) is 12.7. The fourth-order valence-electron chi connectivity index (χ4n) is 2.68. The van der Waals surface area contributed by atoms with Gasteiger partial charge in [-0.1, -0.05) is 12.1 Å². The van der Waals surface area contributed by atoms with E-state index in [1.807, 2.05) is 36.6 Å². The molecule has 0 fully saturated rings. The molecule has 2 aromatic heterocycles. The zero-order valence-electron chi connectivity index (χ0n) is 14.9. The Kier molecular flexibility index (Phi) is 5.07. The summed E-state index contributed by atoms with van der Waals surface area (Å²) in [6.07, 6.45) is 1.51. The van der Waals surface area contributed by atoms with Crippen molar-refractivity contribution in [2.75, 3.05) is 5.32 Å². The molecule has 0 saturated carbocycles. The normalized spacial score (nSPS) is 10.6. The van der Waals surface area contributed by atoms with Crippen LogP contribution in [0.25, 0.3) is 5.69 Å². The monoisotopic (exact) mass is 392 g/mol. The maximum atomic E-state index is 12.7. The van der Waals surface area contributed by atoms with E-state index in [0.29, 0.717) is 23.6 Å².